The second-order valence-electron chi connectivity index (χ2n) is 7.81. The van der Waals surface area contributed by atoms with E-state index in [1.807, 2.05) is 0 Å². The highest BCUT2D eigenvalue weighted by Gasteiger charge is 2.41. The van der Waals surface area contributed by atoms with Crippen molar-refractivity contribution in [1.29, 1.82) is 0 Å². The molecule has 0 saturated carbocycles. The Morgan fingerprint density at radius 1 is 0.556 bits per heavy atom. The van der Waals surface area contributed by atoms with E-state index in [-0.39, 0.29) is 28.8 Å². The lowest BCUT2D eigenvalue weighted by molar-refractivity contribution is -0.189. The molecule has 0 aliphatic carbocycles. The molecule has 4 rings (SSSR count). The third-order valence-electron chi connectivity index (χ3n) is 5.25. The van der Waals surface area contributed by atoms with Crippen molar-refractivity contribution < 1.29 is 44.3 Å². The Morgan fingerprint density at radius 3 is 1.61 bits per heavy atom. The van der Waals surface area contributed by atoms with E-state index in [2.05, 4.69) is 4.74 Å². The Labute approximate surface area is 198 Å². The quantitative estimate of drug-likeness (QED) is 0.193. The zero-order valence-electron chi connectivity index (χ0n) is 18.1. The Kier molecular flexibility index (Phi) is 6.46. The zero-order chi connectivity index (χ0) is 26.4. The minimum atomic E-state index is -4.78. The Hall–Kier alpha value is -3.95. The van der Waals surface area contributed by atoms with Gasteiger partial charge in [0.05, 0.1) is 0 Å². The zero-order valence-corrected chi connectivity index (χ0v) is 18.1. The molecule has 0 amide bonds. The van der Waals surface area contributed by atoms with Crippen molar-refractivity contribution in [3.8, 4) is 28.0 Å². The van der Waals surface area contributed by atoms with E-state index in [1.54, 1.807) is 13.0 Å². The molecular weight excluding hydrogens is 499 g/mol. The third-order valence-corrected chi connectivity index (χ3v) is 5.25. The van der Waals surface area contributed by atoms with Crippen LogP contribution in [0.4, 0.5) is 39.5 Å². The maximum Gasteiger partial charge on any atom is 0.432 e. The molecule has 0 spiro atoms. The van der Waals surface area contributed by atoms with Crippen molar-refractivity contribution in [1.82, 2.24) is 0 Å². The molecule has 4 aromatic carbocycles. The maximum atomic E-state index is 14.8. The first-order chi connectivity index (χ1) is 16.9. The first kappa shape index (κ1) is 25.2. The molecule has 0 fully saturated rings. The van der Waals surface area contributed by atoms with E-state index >= 15 is 0 Å². The lowest BCUT2D eigenvalue weighted by Crippen LogP contribution is -2.25. The summed E-state index contributed by atoms with van der Waals surface area (Å²) in [5.41, 5.74) is -1.92. The van der Waals surface area contributed by atoms with Crippen LogP contribution in [0, 0.1) is 47.6 Å². The number of benzene rings is 4. The number of hydrogen-bond acceptors (Lipinski definition) is 1. The van der Waals surface area contributed by atoms with Gasteiger partial charge >= 0.3 is 6.11 Å². The summed E-state index contributed by atoms with van der Waals surface area (Å²) in [5.74, 6) is -12.2. The van der Waals surface area contributed by atoms with Crippen LogP contribution in [0.25, 0.3) is 22.3 Å². The van der Waals surface area contributed by atoms with E-state index in [9.17, 15) is 39.5 Å². The molecule has 0 aliphatic heterocycles. The monoisotopic (exact) mass is 512 g/mol. The molecule has 0 saturated heterocycles. The van der Waals surface area contributed by atoms with E-state index in [0.29, 0.717) is 17.7 Å². The lowest BCUT2D eigenvalue weighted by atomic mass is 9.97. The van der Waals surface area contributed by atoms with Gasteiger partial charge in [0.15, 0.2) is 17.5 Å². The van der Waals surface area contributed by atoms with Gasteiger partial charge in [0, 0.05) is 23.3 Å². The van der Waals surface area contributed by atoms with Gasteiger partial charge in [0.2, 0.25) is 0 Å². The van der Waals surface area contributed by atoms with Crippen LogP contribution in [0.15, 0.2) is 60.7 Å². The largest absolute Gasteiger partial charge is 0.432 e. The van der Waals surface area contributed by atoms with Gasteiger partial charge in [0.25, 0.3) is 0 Å². The van der Waals surface area contributed by atoms with Crippen molar-refractivity contribution in [3.63, 3.8) is 0 Å². The molecule has 0 unspecified atom stereocenters. The van der Waals surface area contributed by atoms with Crippen LogP contribution in [0.2, 0.25) is 0 Å². The minimum absolute atomic E-state index is 0.0733. The van der Waals surface area contributed by atoms with Crippen LogP contribution >= 0.6 is 0 Å². The van der Waals surface area contributed by atoms with Gasteiger partial charge < -0.3 is 4.74 Å². The van der Waals surface area contributed by atoms with Gasteiger partial charge in [-0.1, -0.05) is 24.3 Å². The summed E-state index contributed by atoms with van der Waals surface area (Å²) in [4.78, 5) is 0. The summed E-state index contributed by atoms with van der Waals surface area (Å²) in [6, 6.07) is 8.52. The van der Waals surface area contributed by atoms with Gasteiger partial charge in [-0.05, 0) is 47.9 Å². The summed E-state index contributed by atoms with van der Waals surface area (Å²) in [5, 5.41) is 0. The van der Waals surface area contributed by atoms with Crippen molar-refractivity contribution in [2.24, 2.45) is 0 Å². The van der Waals surface area contributed by atoms with Crippen molar-refractivity contribution in [3.05, 3.63) is 113 Å². The molecule has 0 N–H and O–H groups in total. The fraction of sp³-hybridized carbons (Fsp3) is 0.0769. The maximum absolute atomic E-state index is 14.8. The summed E-state index contributed by atoms with van der Waals surface area (Å²) in [7, 11) is 0. The second-order valence-corrected chi connectivity index (χ2v) is 7.81. The Balaban J connectivity index is 1.69. The number of ether oxygens (including phenoxy) is 1. The summed E-state index contributed by atoms with van der Waals surface area (Å²) in [6.45, 7) is 1.66. The fourth-order valence-corrected chi connectivity index (χ4v) is 3.57. The molecule has 0 heterocycles. The SMILES string of the molecule is Cc1ccc(-c2ccc(-c3cc(F)c(C(F)(F)Oc4cc(F)c(F)c(F)c4)c(F)c3)c(F)c2)c(F)c1. The topological polar surface area (TPSA) is 9.23 Å². The highest BCUT2D eigenvalue weighted by molar-refractivity contribution is 5.72. The Bertz CT molecular complexity index is 1430. The molecule has 0 bridgehead atoms. The fourth-order valence-electron chi connectivity index (χ4n) is 3.57. The average Bonchev–Trinajstić information content (AvgIpc) is 2.76. The molecular formula is C26H13F9O. The number of rotatable bonds is 5. The van der Waals surface area contributed by atoms with Crippen LogP contribution < -0.4 is 4.74 Å². The molecule has 186 valence electrons. The molecule has 1 nitrogen and oxygen atoms in total. The van der Waals surface area contributed by atoms with Crippen molar-refractivity contribution in [2.45, 2.75) is 13.0 Å². The minimum Gasteiger partial charge on any atom is -0.429 e. The van der Waals surface area contributed by atoms with Gasteiger partial charge in [-0.15, -0.1) is 0 Å². The molecule has 0 atom stereocenters. The molecule has 0 aliphatic rings. The van der Waals surface area contributed by atoms with Gasteiger partial charge in [-0.3, -0.25) is 0 Å². The smallest absolute Gasteiger partial charge is 0.429 e. The van der Waals surface area contributed by atoms with E-state index < -0.39 is 63.7 Å². The standard InChI is InChI=1S/C26H13F9O/c1-12-2-4-16(18(27)6-12)13-3-5-17(19(28)7-13)14-8-20(29)24(21(30)9-14)26(34,35)36-15-10-22(31)25(33)23(32)11-15/h2-11H,1H3. The molecule has 0 aromatic heterocycles. The number of aryl methyl sites for hydroxylation is 1. The third kappa shape index (κ3) is 4.75. The second kappa shape index (κ2) is 9.25. The highest BCUT2D eigenvalue weighted by atomic mass is 19.3. The van der Waals surface area contributed by atoms with Crippen LogP contribution in [-0.4, -0.2) is 0 Å². The van der Waals surface area contributed by atoms with Crippen LogP contribution in [0.5, 0.6) is 5.75 Å². The number of alkyl halides is 2. The first-order valence-corrected chi connectivity index (χ1v) is 10.1. The van der Waals surface area contributed by atoms with Gasteiger partial charge in [0.1, 0.15) is 34.6 Å². The predicted octanol–water partition coefficient (Wildman–Crippen LogP) is 8.43. The number of hydrogen-bond donors (Lipinski definition) is 0. The van der Waals surface area contributed by atoms with Crippen molar-refractivity contribution in [2.75, 3.05) is 0 Å². The molecule has 4 aromatic rings. The normalized spacial score (nSPS) is 11.6. The summed E-state index contributed by atoms with van der Waals surface area (Å²) >= 11 is 0. The molecule has 0 radical (unpaired) electrons. The van der Waals surface area contributed by atoms with E-state index in [4.69, 9.17) is 0 Å². The van der Waals surface area contributed by atoms with Crippen LogP contribution in [0.1, 0.15) is 11.1 Å². The molecule has 36 heavy (non-hydrogen) atoms. The highest BCUT2D eigenvalue weighted by Crippen LogP contribution is 2.38. The van der Waals surface area contributed by atoms with E-state index in [1.165, 1.54) is 18.2 Å². The average molecular weight is 512 g/mol. The van der Waals surface area contributed by atoms with Crippen molar-refractivity contribution >= 4 is 0 Å². The van der Waals surface area contributed by atoms with E-state index in [0.717, 1.165) is 12.1 Å². The van der Waals surface area contributed by atoms with Crippen LogP contribution in [0.3, 0.4) is 0 Å². The Morgan fingerprint density at radius 2 is 1.06 bits per heavy atom. The van der Waals surface area contributed by atoms with Gasteiger partial charge in [-0.2, -0.15) is 8.78 Å². The van der Waals surface area contributed by atoms with Gasteiger partial charge in [-0.25, -0.2) is 30.7 Å². The summed E-state index contributed by atoms with van der Waals surface area (Å²) in [6.07, 6.45) is -4.78. The molecule has 10 heteroatoms. The first-order valence-electron chi connectivity index (χ1n) is 10.1. The number of halogens is 9. The lowest BCUT2D eigenvalue weighted by Gasteiger charge is -2.20. The van der Waals surface area contributed by atoms with Crippen LogP contribution in [-0.2, 0) is 6.11 Å². The summed E-state index contributed by atoms with van der Waals surface area (Å²) < 4.78 is 131. The predicted molar refractivity (Wildman–Crippen MR) is 113 cm³/mol.